The number of carbonyl (C=O) groups is 1. The van der Waals surface area contributed by atoms with Crippen LogP contribution >= 0.6 is 11.8 Å². The van der Waals surface area contributed by atoms with Crippen LogP contribution in [-0.2, 0) is 14.8 Å². The number of thioether (sulfide) groups is 1. The highest BCUT2D eigenvalue weighted by Gasteiger charge is 2.29. The Hall–Kier alpha value is -1.91. The Morgan fingerprint density at radius 2 is 1.79 bits per heavy atom. The van der Waals surface area contributed by atoms with Crippen LogP contribution in [0, 0.1) is 0 Å². The second kappa shape index (κ2) is 8.85. The Morgan fingerprint density at radius 3 is 2.45 bits per heavy atom. The molecule has 1 saturated carbocycles. The van der Waals surface area contributed by atoms with Gasteiger partial charge in [0, 0.05) is 24.7 Å². The molecule has 1 aromatic carbocycles. The van der Waals surface area contributed by atoms with Gasteiger partial charge in [-0.25, -0.2) is 8.42 Å². The molecule has 1 aliphatic heterocycles. The van der Waals surface area contributed by atoms with Gasteiger partial charge in [-0.3, -0.25) is 4.79 Å². The first-order valence-electron chi connectivity index (χ1n) is 9.88. The van der Waals surface area contributed by atoms with Crippen LogP contribution in [0.15, 0.2) is 38.8 Å². The van der Waals surface area contributed by atoms with E-state index in [1.807, 2.05) is 0 Å². The molecule has 10 heteroatoms. The average molecular weight is 437 g/mol. The van der Waals surface area contributed by atoms with Crippen molar-refractivity contribution in [1.29, 1.82) is 0 Å². The van der Waals surface area contributed by atoms with Gasteiger partial charge in [0.1, 0.15) is 0 Å². The van der Waals surface area contributed by atoms with Crippen LogP contribution in [0.1, 0.15) is 50.3 Å². The number of nitrogens with one attached hydrogen (secondary N) is 1. The molecule has 2 fully saturated rings. The lowest BCUT2D eigenvalue weighted by molar-refractivity contribution is -0.113. The summed E-state index contributed by atoms with van der Waals surface area (Å²) in [5.41, 5.74) is 0.551. The molecular weight excluding hydrogens is 412 g/mol. The van der Waals surface area contributed by atoms with Crippen molar-refractivity contribution in [3.05, 3.63) is 30.2 Å². The normalized spacial score (nSPS) is 18.3. The minimum atomic E-state index is -3.49. The standard InChI is InChI=1S/C19H24N4O4S2/c24-17(13-28-19-22-21-18(27-19)14-5-6-14)20-15-7-9-16(10-8-15)29(25,26)23-11-3-1-2-4-12-23/h7-10,14H,1-6,11-13H2,(H,20,24). The van der Waals surface area contributed by atoms with E-state index in [2.05, 4.69) is 15.5 Å². The molecule has 0 atom stereocenters. The zero-order valence-corrected chi connectivity index (χ0v) is 17.7. The molecule has 8 nitrogen and oxygen atoms in total. The minimum absolute atomic E-state index is 0.139. The van der Waals surface area contributed by atoms with E-state index in [0.29, 0.717) is 35.8 Å². The van der Waals surface area contributed by atoms with Gasteiger partial charge < -0.3 is 9.73 Å². The van der Waals surface area contributed by atoms with Gasteiger partial charge in [0.15, 0.2) is 0 Å². The van der Waals surface area contributed by atoms with E-state index in [-0.39, 0.29) is 16.6 Å². The number of carbonyl (C=O) groups excluding carboxylic acids is 1. The SMILES string of the molecule is O=C(CSc1nnc(C2CC2)o1)Nc1ccc(S(=O)(=O)N2CCCCCC2)cc1. The van der Waals surface area contributed by atoms with Gasteiger partial charge in [-0.2, -0.15) is 4.31 Å². The number of anilines is 1. The molecule has 0 unspecified atom stereocenters. The fourth-order valence-electron chi connectivity index (χ4n) is 3.24. The third kappa shape index (κ3) is 5.18. The maximum Gasteiger partial charge on any atom is 0.277 e. The van der Waals surface area contributed by atoms with Crippen LogP contribution < -0.4 is 5.32 Å². The zero-order valence-electron chi connectivity index (χ0n) is 16.0. The Morgan fingerprint density at radius 1 is 1.10 bits per heavy atom. The zero-order chi connectivity index (χ0) is 20.3. The fraction of sp³-hybridized carbons (Fsp3) is 0.526. The number of amides is 1. The Bertz CT molecular complexity index is 947. The van der Waals surface area contributed by atoms with Gasteiger partial charge in [-0.05, 0) is 49.9 Å². The summed E-state index contributed by atoms with van der Waals surface area (Å²) in [5.74, 6) is 0.952. The fourth-order valence-corrected chi connectivity index (χ4v) is 5.33. The van der Waals surface area contributed by atoms with Gasteiger partial charge in [0.2, 0.25) is 21.8 Å². The molecule has 2 heterocycles. The molecule has 1 saturated heterocycles. The van der Waals surface area contributed by atoms with Gasteiger partial charge in [0.05, 0.1) is 10.6 Å². The summed E-state index contributed by atoms with van der Waals surface area (Å²) in [6, 6.07) is 6.32. The predicted octanol–water partition coefficient (Wildman–Crippen LogP) is 3.24. The van der Waals surface area contributed by atoms with E-state index in [1.165, 1.54) is 11.8 Å². The second-order valence-electron chi connectivity index (χ2n) is 7.36. The monoisotopic (exact) mass is 436 g/mol. The number of hydrogen-bond donors (Lipinski definition) is 1. The minimum Gasteiger partial charge on any atom is -0.416 e. The summed E-state index contributed by atoms with van der Waals surface area (Å²) in [4.78, 5) is 12.4. The summed E-state index contributed by atoms with van der Waals surface area (Å²) in [5, 5.41) is 11.1. The lowest BCUT2D eigenvalue weighted by atomic mass is 10.2. The molecule has 0 radical (unpaired) electrons. The van der Waals surface area contributed by atoms with Gasteiger partial charge >= 0.3 is 0 Å². The van der Waals surface area contributed by atoms with Crippen molar-refractivity contribution in [2.45, 2.75) is 54.6 Å². The molecule has 1 aliphatic carbocycles. The number of nitrogens with zero attached hydrogens (tertiary/aromatic N) is 3. The Balaban J connectivity index is 1.31. The Labute approximate surface area is 174 Å². The van der Waals surface area contributed by atoms with Crippen LogP contribution in [-0.4, -0.2) is 47.7 Å². The summed E-state index contributed by atoms with van der Waals surface area (Å²) in [6.07, 6.45) is 6.09. The largest absolute Gasteiger partial charge is 0.416 e. The van der Waals surface area contributed by atoms with E-state index in [1.54, 1.807) is 28.6 Å². The van der Waals surface area contributed by atoms with Crippen molar-refractivity contribution in [2.24, 2.45) is 0 Å². The molecule has 2 aromatic rings. The third-order valence-corrected chi connectivity index (χ3v) is 7.75. The average Bonchev–Trinajstić information content (AvgIpc) is 3.51. The molecule has 1 aromatic heterocycles. The smallest absolute Gasteiger partial charge is 0.277 e. The molecule has 29 heavy (non-hydrogen) atoms. The Kier molecular flexibility index (Phi) is 6.21. The van der Waals surface area contributed by atoms with Crippen molar-refractivity contribution in [2.75, 3.05) is 24.2 Å². The number of rotatable bonds is 7. The summed E-state index contributed by atoms with van der Waals surface area (Å²) in [7, 11) is -3.49. The summed E-state index contributed by atoms with van der Waals surface area (Å²) >= 11 is 1.19. The third-order valence-electron chi connectivity index (χ3n) is 5.02. The first-order chi connectivity index (χ1) is 14.0. The number of benzene rings is 1. The van der Waals surface area contributed by atoms with E-state index in [0.717, 1.165) is 38.5 Å². The van der Waals surface area contributed by atoms with Crippen LogP contribution in [0.25, 0.3) is 0 Å². The van der Waals surface area contributed by atoms with Crippen molar-refractivity contribution in [1.82, 2.24) is 14.5 Å². The van der Waals surface area contributed by atoms with Crippen LogP contribution in [0.3, 0.4) is 0 Å². The van der Waals surface area contributed by atoms with E-state index >= 15 is 0 Å². The molecule has 0 bridgehead atoms. The highest BCUT2D eigenvalue weighted by Crippen LogP contribution is 2.39. The number of hydrogen-bond acceptors (Lipinski definition) is 7. The molecular formula is C19H24N4O4S2. The van der Waals surface area contributed by atoms with Crippen molar-refractivity contribution < 1.29 is 17.6 Å². The molecule has 4 rings (SSSR count). The number of aromatic nitrogens is 2. The molecule has 1 amide bonds. The van der Waals surface area contributed by atoms with Gasteiger partial charge in [0.25, 0.3) is 5.22 Å². The van der Waals surface area contributed by atoms with Crippen molar-refractivity contribution in [3.63, 3.8) is 0 Å². The first-order valence-corrected chi connectivity index (χ1v) is 12.3. The number of sulfonamides is 1. The van der Waals surface area contributed by atoms with Gasteiger partial charge in [-0.1, -0.05) is 24.6 Å². The maximum atomic E-state index is 12.8. The van der Waals surface area contributed by atoms with Crippen LogP contribution in [0.2, 0.25) is 0 Å². The van der Waals surface area contributed by atoms with E-state index in [9.17, 15) is 13.2 Å². The van der Waals surface area contributed by atoms with Crippen molar-refractivity contribution in [3.8, 4) is 0 Å². The predicted molar refractivity (Wildman–Crippen MR) is 109 cm³/mol. The molecule has 156 valence electrons. The molecule has 2 aliphatic rings. The molecule has 0 spiro atoms. The highest BCUT2D eigenvalue weighted by atomic mass is 32.2. The topological polar surface area (TPSA) is 105 Å². The summed E-state index contributed by atoms with van der Waals surface area (Å²) in [6.45, 7) is 1.13. The van der Waals surface area contributed by atoms with E-state index in [4.69, 9.17) is 4.42 Å². The maximum absolute atomic E-state index is 12.8. The lowest BCUT2D eigenvalue weighted by Gasteiger charge is -2.20. The highest BCUT2D eigenvalue weighted by molar-refractivity contribution is 7.99. The van der Waals surface area contributed by atoms with E-state index < -0.39 is 10.0 Å². The quantitative estimate of drug-likeness (QED) is 0.664. The van der Waals surface area contributed by atoms with Crippen LogP contribution in [0.5, 0.6) is 0 Å². The van der Waals surface area contributed by atoms with Gasteiger partial charge in [-0.15, -0.1) is 10.2 Å². The summed E-state index contributed by atoms with van der Waals surface area (Å²) < 4.78 is 32.7. The van der Waals surface area contributed by atoms with Crippen molar-refractivity contribution >= 4 is 33.4 Å². The second-order valence-corrected chi connectivity index (χ2v) is 10.2. The first kappa shape index (κ1) is 20.4. The molecule has 1 N–H and O–H groups in total. The van der Waals surface area contributed by atoms with Crippen LogP contribution in [0.4, 0.5) is 5.69 Å². The lowest BCUT2D eigenvalue weighted by Crippen LogP contribution is -2.31.